The summed E-state index contributed by atoms with van der Waals surface area (Å²) < 4.78 is 0. The average molecular weight is 227 g/mol. The van der Waals surface area contributed by atoms with Gasteiger partial charge in [0.2, 0.25) is 0 Å². The van der Waals surface area contributed by atoms with Crippen LogP contribution in [0.4, 0.5) is 5.69 Å². The summed E-state index contributed by atoms with van der Waals surface area (Å²) in [7, 11) is 0. The molecule has 0 saturated heterocycles. The molecule has 0 aromatic heterocycles. The number of aryl methyl sites for hydroxylation is 1. The molecule has 0 radical (unpaired) electrons. The van der Waals surface area contributed by atoms with Crippen LogP contribution in [0.15, 0.2) is 52.6 Å². The molecule has 0 bridgehead atoms. The number of aliphatic hydroxyl groups excluding tert-OH is 1. The summed E-state index contributed by atoms with van der Waals surface area (Å²) in [4.78, 5) is 4.41. The average Bonchev–Trinajstić information content (AvgIpc) is 2.27. The second-order valence-electron chi connectivity index (χ2n) is 4.50. The Bertz CT molecular complexity index is 480. The smallest absolute Gasteiger partial charge is 0.0767 e. The summed E-state index contributed by atoms with van der Waals surface area (Å²) in [6.07, 6.45) is 6.03. The van der Waals surface area contributed by atoms with Gasteiger partial charge in [-0.05, 0) is 31.6 Å². The molecule has 88 valence electrons. The zero-order chi connectivity index (χ0) is 12.3. The van der Waals surface area contributed by atoms with Crippen LogP contribution in [-0.4, -0.2) is 17.4 Å². The van der Waals surface area contributed by atoms with E-state index in [9.17, 15) is 5.11 Å². The third-order valence-electron chi connectivity index (χ3n) is 2.73. The summed E-state index contributed by atoms with van der Waals surface area (Å²) in [6, 6.07) is 8.08. The molecule has 0 heterocycles. The highest BCUT2D eigenvalue weighted by Gasteiger charge is 2.08. The van der Waals surface area contributed by atoms with E-state index in [-0.39, 0.29) is 6.10 Å². The molecular weight excluding hydrogens is 210 g/mol. The van der Waals surface area contributed by atoms with E-state index in [4.69, 9.17) is 0 Å². The minimum absolute atomic E-state index is 0.375. The Hall–Kier alpha value is -1.67. The number of hydrogen-bond acceptors (Lipinski definition) is 2. The van der Waals surface area contributed by atoms with Crippen LogP contribution in [0, 0.1) is 6.92 Å². The van der Waals surface area contributed by atoms with Gasteiger partial charge in [-0.15, -0.1) is 0 Å². The first-order chi connectivity index (χ1) is 8.13. The topological polar surface area (TPSA) is 32.6 Å². The Balaban J connectivity index is 2.11. The molecule has 1 atom stereocenters. The van der Waals surface area contributed by atoms with Crippen LogP contribution in [0.2, 0.25) is 0 Å². The highest BCUT2D eigenvalue weighted by atomic mass is 16.3. The summed E-state index contributed by atoms with van der Waals surface area (Å²) in [5.41, 5.74) is 4.33. The van der Waals surface area contributed by atoms with Gasteiger partial charge in [0.15, 0.2) is 0 Å². The van der Waals surface area contributed by atoms with Gasteiger partial charge in [0, 0.05) is 12.6 Å². The molecule has 2 nitrogen and oxygen atoms in total. The number of rotatable bonds is 2. The number of nitrogens with zero attached hydrogens (tertiary/aromatic N) is 1. The van der Waals surface area contributed by atoms with Gasteiger partial charge in [0.05, 0.1) is 11.8 Å². The predicted octanol–water partition coefficient (Wildman–Crippen LogP) is 3.33. The molecule has 1 aliphatic rings. The first-order valence-electron chi connectivity index (χ1n) is 5.81. The van der Waals surface area contributed by atoms with E-state index < -0.39 is 0 Å². The number of aliphatic hydroxyl groups is 1. The van der Waals surface area contributed by atoms with Gasteiger partial charge < -0.3 is 5.11 Å². The molecule has 2 rings (SSSR count). The van der Waals surface area contributed by atoms with Gasteiger partial charge in [-0.1, -0.05) is 35.4 Å². The third kappa shape index (κ3) is 3.40. The van der Waals surface area contributed by atoms with Crippen molar-refractivity contribution in [1.29, 1.82) is 0 Å². The second kappa shape index (κ2) is 5.11. The van der Waals surface area contributed by atoms with Crippen LogP contribution < -0.4 is 0 Å². The molecule has 1 N–H and O–H groups in total. The Labute approximate surface area is 102 Å². The maximum atomic E-state index is 9.60. The maximum Gasteiger partial charge on any atom is 0.0767 e. The van der Waals surface area contributed by atoms with Crippen molar-refractivity contribution in [1.82, 2.24) is 0 Å². The molecule has 0 saturated carbocycles. The zero-order valence-corrected chi connectivity index (χ0v) is 10.2. The maximum absolute atomic E-state index is 9.60. The Kier molecular flexibility index (Phi) is 3.55. The van der Waals surface area contributed by atoms with E-state index in [2.05, 4.69) is 18.0 Å². The number of aliphatic imine (C=N–C) groups is 1. The van der Waals surface area contributed by atoms with Crippen molar-refractivity contribution in [2.75, 3.05) is 0 Å². The summed E-state index contributed by atoms with van der Waals surface area (Å²) in [5, 5.41) is 9.60. The fourth-order valence-corrected chi connectivity index (χ4v) is 1.88. The van der Waals surface area contributed by atoms with E-state index in [1.165, 1.54) is 5.56 Å². The van der Waals surface area contributed by atoms with Gasteiger partial charge in [-0.3, -0.25) is 4.99 Å². The highest BCUT2D eigenvalue weighted by Crippen LogP contribution is 2.18. The van der Waals surface area contributed by atoms with Gasteiger partial charge >= 0.3 is 0 Å². The van der Waals surface area contributed by atoms with E-state index in [1.807, 2.05) is 43.5 Å². The summed E-state index contributed by atoms with van der Waals surface area (Å²) >= 11 is 0. The van der Waals surface area contributed by atoms with Crippen LogP contribution >= 0.6 is 0 Å². The zero-order valence-electron chi connectivity index (χ0n) is 10.2. The van der Waals surface area contributed by atoms with Crippen molar-refractivity contribution in [3.8, 4) is 0 Å². The molecule has 0 amide bonds. The molecular formula is C15H17NO. The summed E-state index contributed by atoms with van der Waals surface area (Å²) in [6.45, 7) is 4.05. The first kappa shape index (κ1) is 11.8. The van der Waals surface area contributed by atoms with Crippen LogP contribution in [0.25, 0.3) is 0 Å². The van der Waals surface area contributed by atoms with Crippen molar-refractivity contribution in [2.24, 2.45) is 4.99 Å². The fourth-order valence-electron chi connectivity index (χ4n) is 1.88. The largest absolute Gasteiger partial charge is 0.389 e. The SMILES string of the molecule is CC1=CC(O)CC(C=Nc2ccc(C)cc2)=C1. The molecule has 17 heavy (non-hydrogen) atoms. The standard InChI is InChI=1S/C15H17NO/c1-11-3-5-14(6-4-11)16-10-13-7-12(2)8-15(17)9-13/h3-8,10,15,17H,9H2,1-2H3. The molecule has 0 aliphatic heterocycles. The molecule has 0 fully saturated rings. The molecule has 1 aliphatic carbocycles. The fraction of sp³-hybridized carbons (Fsp3) is 0.267. The van der Waals surface area contributed by atoms with Gasteiger partial charge in [-0.25, -0.2) is 0 Å². The lowest BCUT2D eigenvalue weighted by Gasteiger charge is -2.13. The molecule has 0 spiro atoms. The van der Waals surface area contributed by atoms with E-state index in [0.717, 1.165) is 16.8 Å². The Morgan fingerprint density at radius 3 is 2.59 bits per heavy atom. The lowest BCUT2D eigenvalue weighted by molar-refractivity contribution is 0.223. The lowest BCUT2D eigenvalue weighted by Crippen LogP contribution is -2.09. The number of allylic oxidation sites excluding steroid dienone is 2. The van der Waals surface area contributed by atoms with Crippen LogP contribution in [-0.2, 0) is 0 Å². The van der Waals surface area contributed by atoms with Crippen molar-refractivity contribution in [2.45, 2.75) is 26.4 Å². The minimum Gasteiger partial charge on any atom is -0.389 e. The number of benzene rings is 1. The van der Waals surface area contributed by atoms with Crippen molar-refractivity contribution >= 4 is 11.9 Å². The monoisotopic (exact) mass is 227 g/mol. The molecule has 1 unspecified atom stereocenters. The minimum atomic E-state index is -0.375. The quantitative estimate of drug-likeness (QED) is 0.772. The van der Waals surface area contributed by atoms with E-state index in [1.54, 1.807) is 0 Å². The van der Waals surface area contributed by atoms with E-state index >= 15 is 0 Å². The predicted molar refractivity (Wildman–Crippen MR) is 71.8 cm³/mol. The number of hydrogen-bond donors (Lipinski definition) is 1. The van der Waals surface area contributed by atoms with Gasteiger partial charge in [-0.2, -0.15) is 0 Å². The third-order valence-corrected chi connectivity index (χ3v) is 2.73. The molecule has 1 aromatic carbocycles. The van der Waals surface area contributed by atoms with Crippen molar-refractivity contribution < 1.29 is 5.11 Å². The second-order valence-corrected chi connectivity index (χ2v) is 4.50. The van der Waals surface area contributed by atoms with Crippen molar-refractivity contribution in [3.63, 3.8) is 0 Å². The first-order valence-corrected chi connectivity index (χ1v) is 5.81. The van der Waals surface area contributed by atoms with E-state index in [0.29, 0.717) is 6.42 Å². The molecule has 1 aromatic rings. The van der Waals surface area contributed by atoms with Crippen LogP contribution in [0.3, 0.4) is 0 Å². The lowest BCUT2D eigenvalue weighted by atomic mass is 9.99. The Morgan fingerprint density at radius 2 is 1.94 bits per heavy atom. The van der Waals surface area contributed by atoms with Crippen LogP contribution in [0.1, 0.15) is 18.9 Å². The van der Waals surface area contributed by atoms with Gasteiger partial charge in [0.1, 0.15) is 0 Å². The van der Waals surface area contributed by atoms with Crippen LogP contribution in [0.5, 0.6) is 0 Å². The molecule has 2 heteroatoms. The van der Waals surface area contributed by atoms with Gasteiger partial charge in [0.25, 0.3) is 0 Å². The van der Waals surface area contributed by atoms with Crippen molar-refractivity contribution in [3.05, 3.63) is 53.1 Å². The Morgan fingerprint density at radius 1 is 1.24 bits per heavy atom. The summed E-state index contributed by atoms with van der Waals surface area (Å²) in [5.74, 6) is 0. The normalized spacial score (nSPS) is 20.3. The highest BCUT2D eigenvalue weighted by molar-refractivity contribution is 5.82.